The molecule has 2 fully saturated rings. The molecule has 1 aromatic rings. The third-order valence-corrected chi connectivity index (χ3v) is 8.32. The highest BCUT2D eigenvalue weighted by Gasteiger charge is 2.14. The molecular weight excluding hydrogens is 924 g/mol. The van der Waals surface area contributed by atoms with Crippen molar-refractivity contribution in [2.75, 3.05) is 78.5 Å². The van der Waals surface area contributed by atoms with Gasteiger partial charge in [0, 0.05) is 36.8 Å². The highest BCUT2D eigenvalue weighted by Crippen LogP contribution is 2.03. The molecule has 10 N–H and O–H groups in total. The Bertz CT molecular complexity index is 579. The van der Waals surface area contributed by atoms with Gasteiger partial charge in [-0.2, -0.15) is 0 Å². The van der Waals surface area contributed by atoms with Crippen LogP contribution < -0.4 is 133 Å². The first-order valence-corrected chi connectivity index (χ1v) is 15.9. The third-order valence-electron chi connectivity index (χ3n) is 8.32. The van der Waals surface area contributed by atoms with Crippen molar-refractivity contribution >= 4 is 0 Å². The summed E-state index contributed by atoms with van der Waals surface area (Å²) in [5.74, 6) is 0. The van der Waals surface area contributed by atoms with Gasteiger partial charge in [0.05, 0.1) is 78.5 Å². The average molecular weight is 986 g/mol. The lowest BCUT2D eigenvalue weighted by molar-refractivity contribution is -0.917. The summed E-state index contributed by atoms with van der Waals surface area (Å²) in [5.41, 5.74) is 3.06. The van der Waals surface area contributed by atoms with Gasteiger partial charge in [-0.25, -0.2) is 0 Å². The molecule has 6 nitrogen and oxygen atoms in total. The Morgan fingerprint density at radius 2 is 0.595 bits per heavy atom. The van der Waals surface area contributed by atoms with Gasteiger partial charge in [-0.3, -0.25) is 0 Å². The van der Waals surface area contributed by atoms with E-state index in [1.165, 1.54) is 167 Å². The first kappa shape index (κ1) is 50.7. The van der Waals surface area contributed by atoms with E-state index >= 15 is 0 Å². The number of rotatable bonds is 4. The van der Waals surface area contributed by atoms with Crippen LogP contribution in [-0.4, -0.2) is 78.5 Å². The van der Waals surface area contributed by atoms with Crippen molar-refractivity contribution in [3.8, 4) is 0 Å². The van der Waals surface area contributed by atoms with Crippen LogP contribution in [0.2, 0.25) is 0 Å². The standard InChI is InChI=1S/C30H56N6.6BrH/c1-3-15-31-19-7-23-35(24-8-20-32-16-4-1)27-29-11-13-30(14-12-29)28-36-25-9-21-33-17-5-2-6-18-34-22-10-26-36;;;;;;/h11-14,31-34H,1-10,15-28H2;6*1H. The number of benzene rings is 1. The van der Waals surface area contributed by atoms with Crippen LogP contribution >= 0.6 is 0 Å². The van der Waals surface area contributed by atoms with E-state index in [0.717, 1.165) is 0 Å². The summed E-state index contributed by atoms with van der Waals surface area (Å²) in [7, 11) is 0. The number of hydrogen-bond donors (Lipinski definition) is 6. The fourth-order valence-corrected chi connectivity index (χ4v) is 6.03. The largest absolute Gasteiger partial charge is 1.00 e. The van der Waals surface area contributed by atoms with Crippen LogP contribution in [0.3, 0.4) is 0 Å². The zero-order valence-corrected chi connectivity index (χ0v) is 35.4. The zero-order chi connectivity index (χ0) is 24.9. The normalized spacial score (nSPS) is 19.6. The second-order valence-electron chi connectivity index (χ2n) is 11.7. The first-order valence-electron chi connectivity index (χ1n) is 15.9. The molecule has 0 amide bonds. The first-order chi connectivity index (χ1) is 17.9. The van der Waals surface area contributed by atoms with Gasteiger partial charge in [-0.15, -0.1) is 0 Å². The van der Waals surface area contributed by atoms with Gasteiger partial charge in [0.25, 0.3) is 0 Å². The molecule has 0 saturated carbocycles. The van der Waals surface area contributed by atoms with Crippen molar-refractivity contribution in [3.05, 3.63) is 35.4 Å². The topological polar surface area (TPSA) is 75.3 Å². The summed E-state index contributed by atoms with van der Waals surface area (Å²) < 4.78 is 0. The Kier molecular flexibility index (Phi) is 43.1. The summed E-state index contributed by atoms with van der Waals surface area (Å²) in [6.07, 6.45) is 13.8. The fraction of sp³-hybridized carbons (Fsp3) is 0.800. The van der Waals surface area contributed by atoms with Crippen LogP contribution in [0.1, 0.15) is 75.3 Å². The van der Waals surface area contributed by atoms with Gasteiger partial charge in [-0.05, 0) is 38.5 Å². The molecule has 0 aromatic heterocycles. The molecule has 0 spiro atoms. The smallest absolute Gasteiger partial charge is 0.103 e. The maximum atomic E-state index is 2.56. The number of nitrogens with one attached hydrogen (secondary N) is 2. The number of quaternary nitrogens is 6. The Balaban J connectivity index is -0.00000120. The van der Waals surface area contributed by atoms with Crippen molar-refractivity contribution in [2.24, 2.45) is 0 Å². The lowest BCUT2D eigenvalue weighted by Gasteiger charge is -2.21. The molecule has 3 rings (SSSR count). The fourth-order valence-electron chi connectivity index (χ4n) is 6.03. The van der Waals surface area contributed by atoms with Crippen molar-refractivity contribution in [1.82, 2.24) is 0 Å². The van der Waals surface area contributed by atoms with Gasteiger partial charge < -0.3 is 133 Å². The van der Waals surface area contributed by atoms with Gasteiger partial charge >= 0.3 is 0 Å². The molecule has 1 aromatic carbocycles. The van der Waals surface area contributed by atoms with E-state index in [1.54, 1.807) is 9.80 Å². The van der Waals surface area contributed by atoms with E-state index in [4.69, 9.17) is 0 Å². The van der Waals surface area contributed by atoms with Gasteiger partial charge in [0.1, 0.15) is 13.1 Å². The predicted molar refractivity (Wildman–Crippen MR) is 148 cm³/mol. The van der Waals surface area contributed by atoms with Gasteiger partial charge in [-0.1, -0.05) is 24.3 Å². The molecule has 254 valence electrons. The van der Waals surface area contributed by atoms with Crippen LogP contribution in [0, 0.1) is 0 Å². The average Bonchev–Trinajstić information content (AvgIpc) is 2.89. The summed E-state index contributed by atoms with van der Waals surface area (Å²) in [4.78, 5) is 3.57. The van der Waals surface area contributed by atoms with Crippen LogP contribution in [0.25, 0.3) is 0 Å². The Morgan fingerprint density at radius 1 is 0.357 bits per heavy atom. The van der Waals surface area contributed by atoms with E-state index in [-0.39, 0.29) is 102 Å². The molecule has 0 bridgehead atoms. The van der Waals surface area contributed by atoms with Gasteiger partial charge in [0.2, 0.25) is 0 Å². The summed E-state index contributed by atoms with van der Waals surface area (Å²) >= 11 is 0. The van der Waals surface area contributed by atoms with Crippen LogP contribution in [0.4, 0.5) is 0 Å². The van der Waals surface area contributed by atoms with Gasteiger partial charge in [0.15, 0.2) is 0 Å². The zero-order valence-electron chi connectivity index (χ0n) is 25.9. The minimum Gasteiger partial charge on any atom is -1.00 e. The number of hydrogen-bond acceptors (Lipinski definition) is 0. The minimum atomic E-state index is 0. The second-order valence-corrected chi connectivity index (χ2v) is 11.7. The van der Waals surface area contributed by atoms with E-state index < -0.39 is 0 Å². The molecule has 2 aliphatic heterocycles. The predicted octanol–water partition coefficient (Wildman–Crippen LogP) is -21.3. The van der Waals surface area contributed by atoms with E-state index in [2.05, 4.69) is 45.5 Å². The summed E-state index contributed by atoms with van der Waals surface area (Å²) in [6, 6.07) is 9.77. The maximum absolute atomic E-state index is 2.56. The van der Waals surface area contributed by atoms with E-state index in [1.807, 2.05) is 0 Å². The molecule has 0 radical (unpaired) electrons. The van der Waals surface area contributed by atoms with Crippen molar-refractivity contribution in [2.45, 2.75) is 77.3 Å². The van der Waals surface area contributed by atoms with E-state index in [0.29, 0.717) is 0 Å². The Morgan fingerprint density at radius 3 is 0.857 bits per heavy atom. The highest BCUT2D eigenvalue weighted by atomic mass is 79.9. The van der Waals surface area contributed by atoms with Crippen LogP contribution in [-0.2, 0) is 13.1 Å². The number of halogens is 6. The van der Waals surface area contributed by atoms with Crippen LogP contribution in [0.5, 0.6) is 0 Å². The summed E-state index contributed by atoms with van der Waals surface area (Å²) in [5, 5.41) is 10.2. The highest BCUT2D eigenvalue weighted by molar-refractivity contribution is 5.21. The second kappa shape index (κ2) is 35.7. The molecule has 0 unspecified atom stereocenters. The lowest BCUT2D eigenvalue weighted by Crippen LogP contribution is -3.11. The molecule has 2 aliphatic rings. The van der Waals surface area contributed by atoms with Crippen LogP contribution in [0.15, 0.2) is 24.3 Å². The SMILES string of the molecule is [Br-].[Br-].[Br-].[Br-].[Br-].[Br-].c1cc(C[NH+]2CCC[NH2+]CCCCC[NH2+]CCC2)ccc1C[NH+]1CCC[NH2+]CCCCC[NH2+]CCC1. The van der Waals surface area contributed by atoms with E-state index in [9.17, 15) is 0 Å². The number of nitrogens with two attached hydrogens (primary N) is 4. The molecule has 2 heterocycles. The Labute approximate surface area is 321 Å². The molecule has 0 atom stereocenters. The maximum Gasteiger partial charge on any atom is 0.103 e. The monoisotopic (exact) mass is 980 g/mol. The van der Waals surface area contributed by atoms with Crippen molar-refractivity contribution in [1.29, 1.82) is 0 Å². The Hall–Kier alpha value is 1.86. The molecule has 42 heavy (non-hydrogen) atoms. The third kappa shape index (κ3) is 26.0. The summed E-state index contributed by atoms with van der Waals surface area (Å²) in [6.45, 7) is 18.2. The lowest BCUT2D eigenvalue weighted by atomic mass is 10.1. The van der Waals surface area contributed by atoms with Crippen molar-refractivity contribution < 1.29 is 133 Å². The quantitative estimate of drug-likeness (QED) is 0.174. The minimum absolute atomic E-state index is 0. The van der Waals surface area contributed by atoms with Crippen molar-refractivity contribution in [3.63, 3.8) is 0 Å². The molecule has 0 aliphatic carbocycles. The molecular formula is C30H62Br6N6. The molecule has 12 heteroatoms. The molecule has 2 saturated heterocycles.